The number of halogens is 2. The first-order valence-corrected chi connectivity index (χ1v) is 7.53. The molecule has 0 bridgehead atoms. The van der Waals surface area contributed by atoms with Crippen LogP contribution in [0.15, 0.2) is 54.6 Å². The van der Waals surface area contributed by atoms with E-state index in [4.69, 9.17) is 0 Å². The fourth-order valence-electron chi connectivity index (χ4n) is 2.07. The van der Waals surface area contributed by atoms with Crippen molar-refractivity contribution < 1.29 is 8.78 Å². The largest absolute Gasteiger partial charge is 0.316 e. The Bertz CT molecular complexity index is 592. The van der Waals surface area contributed by atoms with Crippen molar-refractivity contribution in [1.82, 2.24) is 5.32 Å². The van der Waals surface area contributed by atoms with Gasteiger partial charge in [0.15, 0.2) is 0 Å². The molecule has 3 heteroatoms. The molecule has 0 atom stereocenters. The summed E-state index contributed by atoms with van der Waals surface area (Å²) in [5, 5.41) is 2.99. The highest BCUT2D eigenvalue weighted by Crippen LogP contribution is 2.20. The first-order valence-electron chi connectivity index (χ1n) is 7.53. The number of rotatable bonds is 5. The van der Waals surface area contributed by atoms with Crippen LogP contribution in [0.2, 0.25) is 0 Å². The molecular weight excluding hydrogens is 280 g/mol. The van der Waals surface area contributed by atoms with Crippen LogP contribution in [0, 0.1) is 11.6 Å². The standard InChI is InChI=1S/C17H17F2N.C2H6/c1-20-12-14(8-7-13-5-3-2-4-6-13)16-11-15(18)9-10-17(16)19;1-2/h2-6,8-11,20H,7,12H2,1H3;1-2H3/b14-8+;. The van der Waals surface area contributed by atoms with Gasteiger partial charge in [0.05, 0.1) is 0 Å². The molecule has 0 aliphatic rings. The highest BCUT2D eigenvalue weighted by Gasteiger charge is 2.08. The Morgan fingerprint density at radius 3 is 2.36 bits per heavy atom. The molecule has 0 spiro atoms. The maximum absolute atomic E-state index is 13.8. The summed E-state index contributed by atoms with van der Waals surface area (Å²) in [6, 6.07) is 13.4. The van der Waals surface area contributed by atoms with E-state index in [1.165, 1.54) is 6.07 Å². The van der Waals surface area contributed by atoms with E-state index >= 15 is 0 Å². The van der Waals surface area contributed by atoms with E-state index in [0.29, 0.717) is 18.5 Å². The third-order valence-corrected chi connectivity index (χ3v) is 3.07. The molecule has 1 N–H and O–H groups in total. The van der Waals surface area contributed by atoms with Crippen LogP contribution < -0.4 is 5.32 Å². The third-order valence-electron chi connectivity index (χ3n) is 3.07. The molecular formula is C19H23F2N. The monoisotopic (exact) mass is 303 g/mol. The SMILES string of the molecule is CC.CNC/C(=C\Cc1ccccc1)c1cc(F)ccc1F. The molecule has 0 radical (unpaired) electrons. The smallest absolute Gasteiger partial charge is 0.130 e. The number of nitrogens with one attached hydrogen (secondary N) is 1. The second-order valence-corrected chi connectivity index (χ2v) is 4.57. The van der Waals surface area contributed by atoms with Gasteiger partial charge in [-0.05, 0) is 42.8 Å². The molecule has 2 aromatic rings. The Hall–Kier alpha value is -2.00. The number of likely N-dealkylation sites (N-methyl/N-ethyl adjacent to an activating group) is 1. The van der Waals surface area contributed by atoms with Crippen molar-refractivity contribution in [3.8, 4) is 0 Å². The zero-order valence-corrected chi connectivity index (χ0v) is 13.4. The highest BCUT2D eigenvalue weighted by atomic mass is 19.1. The predicted molar refractivity (Wildman–Crippen MR) is 89.8 cm³/mol. The van der Waals surface area contributed by atoms with Crippen LogP contribution in [0.1, 0.15) is 25.0 Å². The Morgan fingerprint density at radius 2 is 1.73 bits per heavy atom. The van der Waals surface area contributed by atoms with Crippen LogP contribution in [-0.2, 0) is 6.42 Å². The highest BCUT2D eigenvalue weighted by molar-refractivity contribution is 5.67. The van der Waals surface area contributed by atoms with E-state index in [1.807, 2.05) is 50.3 Å². The molecule has 0 saturated heterocycles. The van der Waals surface area contributed by atoms with Gasteiger partial charge in [0.2, 0.25) is 0 Å². The minimum atomic E-state index is -0.428. The predicted octanol–water partition coefficient (Wildman–Crippen LogP) is 4.84. The lowest BCUT2D eigenvalue weighted by Gasteiger charge is -2.09. The average Bonchev–Trinajstić information content (AvgIpc) is 2.57. The van der Waals surface area contributed by atoms with Gasteiger partial charge in [-0.3, -0.25) is 0 Å². The van der Waals surface area contributed by atoms with E-state index in [2.05, 4.69) is 5.32 Å². The molecule has 2 aromatic carbocycles. The van der Waals surface area contributed by atoms with Gasteiger partial charge in [0, 0.05) is 12.1 Å². The summed E-state index contributed by atoms with van der Waals surface area (Å²) in [4.78, 5) is 0. The van der Waals surface area contributed by atoms with Crippen LogP contribution in [0.4, 0.5) is 8.78 Å². The summed E-state index contributed by atoms with van der Waals surface area (Å²) in [5.74, 6) is -0.830. The van der Waals surface area contributed by atoms with Crippen molar-refractivity contribution in [2.24, 2.45) is 0 Å². The minimum Gasteiger partial charge on any atom is -0.316 e. The molecule has 0 aliphatic carbocycles. The van der Waals surface area contributed by atoms with Crippen LogP contribution in [0.25, 0.3) is 5.57 Å². The topological polar surface area (TPSA) is 12.0 Å². The van der Waals surface area contributed by atoms with E-state index in [9.17, 15) is 8.78 Å². The van der Waals surface area contributed by atoms with E-state index < -0.39 is 11.6 Å². The van der Waals surface area contributed by atoms with Gasteiger partial charge < -0.3 is 5.32 Å². The van der Waals surface area contributed by atoms with Crippen LogP contribution in [0.3, 0.4) is 0 Å². The van der Waals surface area contributed by atoms with Crippen molar-refractivity contribution >= 4 is 5.57 Å². The van der Waals surface area contributed by atoms with E-state index in [-0.39, 0.29) is 0 Å². The summed E-state index contributed by atoms with van der Waals surface area (Å²) >= 11 is 0. The lowest BCUT2D eigenvalue weighted by atomic mass is 10.0. The number of hydrogen-bond donors (Lipinski definition) is 1. The summed E-state index contributed by atoms with van der Waals surface area (Å²) < 4.78 is 27.1. The normalized spacial score (nSPS) is 10.9. The van der Waals surface area contributed by atoms with Gasteiger partial charge in [-0.15, -0.1) is 0 Å². The second-order valence-electron chi connectivity index (χ2n) is 4.57. The average molecular weight is 303 g/mol. The van der Waals surface area contributed by atoms with Gasteiger partial charge in [0.1, 0.15) is 11.6 Å². The molecule has 118 valence electrons. The van der Waals surface area contributed by atoms with Gasteiger partial charge in [-0.25, -0.2) is 8.78 Å². The Labute approximate surface area is 131 Å². The quantitative estimate of drug-likeness (QED) is 0.833. The molecule has 0 aromatic heterocycles. The lowest BCUT2D eigenvalue weighted by molar-refractivity contribution is 0.596. The molecule has 0 unspecified atom stereocenters. The van der Waals surface area contributed by atoms with Gasteiger partial charge in [-0.1, -0.05) is 50.3 Å². The van der Waals surface area contributed by atoms with Crippen molar-refractivity contribution in [2.45, 2.75) is 20.3 Å². The lowest BCUT2D eigenvalue weighted by Crippen LogP contribution is -2.11. The third kappa shape index (κ3) is 5.41. The Kier molecular flexibility index (Phi) is 8.08. The fourth-order valence-corrected chi connectivity index (χ4v) is 2.07. The minimum absolute atomic E-state index is 0.315. The number of hydrogen-bond acceptors (Lipinski definition) is 1. The summed E-state index contributed by atoms with van der Waals surface area (Å²) in [6.07, 6.45) is 2.62. The summed E-state index contributed by atoms with van der Waals surface area (Å²) in [6.45, 7) is 4.49. The summed E-state index contributed by atoms with van der Waals surface area (Å²) in [5.41, 5.74) is 2.21. The Balaban J connectivity index is 0.00000116. The number of allylic oxidation sites excluding steroid dienone is 1. The zero-order valence-electron chi connectivity index (χ0n) is 13.4. The van der Waals surface area contributed by atoms with Crippen molar-refractivity contribution in [2.75, 3.05) is 13.6 Å². The molecule has 0 heterocycles. The molecule has 0 amide bonds. The van der Waals surface area contributed by atoms with Gasteiger partial charge >= 0.3 is 0 Å². The van der Waals surface area contributed by atoms with Gasteiger partial charge in [-0.2, -0.15) is 0 Å². The van der Waals surface area contributed by atoms with Crippen molar-refractivity contribution in [3.63, 3.8) is 0 Å². The van der Waals surface area contributed by atoms with Crippen LogP contribution in [-0.4, -0.2) is 13.6 Å². The zero-order chi connectivity index (χ0) is 16.4. The number of benzene rings is 2. The molecule has 0 saturated carbocycles. The van der Waals surface area contributed by atoms with Gasteiger partial charge in [0.25, 0.3) is 0 Å². The van der Waals surface area contributed by atoms with Crippen molar-refractivity contribution in [3.05, 3.63) is 77.4 Å². The van der Waals surface area contributed by atoms with Crippen molar-refractivity contribution in [1.29, 1.82) is 0 Å². The van der Waals surface area contributed by atoms with E-state index in [1.54, 1.807) is 7.05 Å². The maximum atomic E-state index is 13.8. The maximum Gasteiger partial charge on any atom is 0.130 e. The molecule has 22 heavy (non-hydrogen) atoms. The first kappa shape index (κ1) is 18.1. The fraction of sp³-hybridized carbons (Fsp3) is 0.263. The molecule has 1 nitrogen and oxygen atoms in total. The molecule has 0 fully saturated rings. The summed E-state index contributed by atoms with van der Waals surface area (Å²) in [7, 11) is 1.79. The second kappa shape index (κ2) is 9.85. The van der Waals surface area contributed by atoms with Crippen LogP contribution in [0.5, 0.6) is 0 Å². The Morgan fingerprint density at radius 1 is 1.05 bits per heavy atom. The van der Waals surface area contributed by atoms with Crippen LogP contribution >= 0.6 is 0 Å². The molecule has 0 aliphatic heterocycles. The molecule has 2 rings (SSSR count). The first-order chi connectivity index (χ1) is 10.7. The van der Waals surface area contributed by atoms with E-state index in [0.717, 1.165) is 23.3 Å².